The summed E-state index contributed by atoms with van der Waals surface area (Å²) in [5, 5.41) is 11.1. The van der Waals surface area contributed by atoms with Gasteiger partial charge in [0.05, 0.1) is 18.5 Å². The summed E-state index contributed by atoms with van der Waals surface area (Å²) in [5.74, 6) is 0.409. The number of benzene rings is 2. The van der Waals surface area contributed by atoms with Crippen LogP contribution in [0.4, 0.5) is 0 Å². The lowest BCUT2D eigenvalue weighted by molar-refractivity contribution is 0.0950. The molecule has 0 saturated carbocycles. The average molecular weight is 413 g/mol. The molecule has 0 radical (unpaired) electrons. The van der Waals surface area contributed by atoms with Crippen LogP contribution in [0.2, 0.25) is 0 Å². The predicted octanol–water partition coefficient (Wildman–Crippen LogP) is 4.00. The largest absolute Gasteiger partial charge is 0.497 e. The van der Waals surface area contributed by atoms with Crippen LogP contribution < -0.4 is 10.2 Å². The number of halogens is 1. The summed E-state index contributed by atoms with van der Waals surface area (Å²) in [6, 6.07) is 16.8. The van der Waals surface area contributed by atoms with Crippen LogP contribution in [0.15, 0.2) is 64.2 Å². The fourth-order valence-electron chi connectivity index (χ4n) is 2.32. The third-order valence-electron chi connectivity index (χ3n) is 3.78. The summed E-state index contributed by atoms with van der Waals surface area (Å²) in [6.07, 6.45) is 0. The van der Waals surface area contributed by atoms with Gasteiger partial charge in [-0.2, -0.15) is 10.2 Å². The van der Waals surface area contributed by atoms with Gasteiger partial charge in [-0.1, -0.05) is 28.1 Å². The number of H-pyrrole nitrogens is 1. The van der Waals surface area contributed by atoms with Gasteiger partial charge in [0, 0.05) is 10.0 Å². The van der Waals surface area contributed by atoms with E-state index >= 15 is 0 Å². The van der Waals surface area contributed by atoms with Gasteiger partial charge < -0.3 is 4.74 Å². The van der Waals surface area contributed by atoms with E-state index in [9.17, 15) is 4.79 Å². The summed E-state index contributed by atoms with van der Waals surface area (Å²) < 4.78 is 6.09. The first kappa shape index (κ1) is 17.9. The van der Waals surface area contributed by atoms with Crippen LogP contribution in [0.1, 0.15) is 23.0 Å². The maximum absolute atomic E-state index is 12.3. The van der Waals surface area contributed by atoms with Gasteiger partial charge in [0.2, 0.25) is 0 Å². The molecular weight excluding hydrogens is 396 g/mol. The van der Waals surface area contributed by atoms with Crippen molar-refractivity contribution in [1.29, 1.82) is 0 Å². The fourth-order valence-corrected chi connectivity index (χ4v) is 2.72. The fraction of sp³-hybridized carbons (Fsp3) is 0.105. The second-order valence-corrected chi connectivity index (χ2v) is 6.46. The highest BCUT2D eigenvalue weighted by atomic mass is 79.9. The summed E-state index contributed by atoms with van der Waals surface area (Å²) in [7, 11) is 1.61. The Hall–Kier alpha value is -2.93. The van der Waals surface area contributed by atoms with Crippen molar-refractivity contribution < 1.29 is 9.53 Å². The number of carbonyl (C=O) groups is 1. The van der Waals surface area contributed by atoms with Crippen molar-refractivity contribution in [2.45, 2.75) is 6.92 Å². The lowest BCUT2D eigenvalue weighted by Crippen LogP contribution is -2.19. The van der Waals surface area contributed by atoms with Gasteiger partial charge in [-0.05, 0) is 55.0 Å². The number of hydrogen-bond acceptors (Lipinski definition) is 4. The van der Waals surface area contributed by atoms with Crippen molar-refractivity contribution >= 4 is 27.5 Å². The minimum Gasteiger partial charge on any atom is -0.497 e. The maximum atomic E-state index is 12.3. The van der Waals surface area contributed by atoms with Crippen LogP contribution in [0.5, 0.6) is 5.75 Å². The monoisotopic (exact) mass is 412 g/mol. The molecule has 0 aliphatic heterocycles. The molecule has 0 spiro atoms. The van der Waals surface area contributed by atoms with Gasteiger partial charge in [0.25, 0.3) is 5.91 Å². The molecule has 1 amide bonds. The molecule has 0 fully saturated rings. The SMILES string of the molecule is COc1ccc(-c2cc(C(=O)N/N=C(/C)c3cccc(Br)c3)[nH]n2)cc1. The standard InChI is InChI=1S/C19H17BrN4O2/c1-12(14-4-3-5-15(20)10-14)21-24-19(25)18-11-17(22-23-18)13-6-8-16(26-2)9-7-13/h3-11H,1-2H3,(H,22,23)(H,24,25)/b21-12-. The maximum Gasteiger partial charge on any atom is 0.289 e. The molecule has 26 heavy (non-hydrogen) atoms. The van der Waals surface area contributed by atoms with Gasteiger partial charge in [-0.25, -0.2) is 5.43 Å². The van der Waals surface area contributed by atoms with E-state index in [-0.39, 0.29) is 5.91 Å². The number of amides is 1. The van der Waals surface area contributed by atoms with Crippen molar-refractivity contribution in [3.05, 3.63) is 70.3 Å². The molecule has 6 nitrogen and oxygen atoms in total. The van der Waals surface area contributed by atoms with E-state index in [0.717, 1.165) is 21.3 Å². The Morgan fingerprint density at radius 2 is 1.96 bits per heavy atom. The molecule has 0 aliphatic rings. The molecule has 132 valence electrons. The molecule has 3 aromatic rings. The van der Waals surface area contributed by atoms with Gasteiger partial charge >= 0.3 is 0 Å². The number of methoxy groups -OCH3 is 1. The second kappa shape index (κ2) is 7.97. The summed E-state index contributed by atoms with van der Waals surface area (Å²) in [5.41, 5.74) is 6.06. The van der Waals surface area contributed by atoms with E-state index in [1.54, 1.807) is 13.2 Å². The smallest absolute Gasteiger partial charge is 0.289 e. The average Bonchev–Trinajstić information content (AvgIpc) is 3.16. The Labute approximate surface area is 159 Å². The molecule has 3 rings (SSSR count). The molecule has 2 aromatic carbocycles. The predicted molar refractivity (Wildman–Crippen MR) is 104 cm³/mol. The van der Waals surface area contributed by atoms with Gasteiger partial charge in [0.1, 0.15) is 11.4 Å². The summed E-state index contributed by atoms with van der Waals surface area (Å²) in [4.78, 5) is 12.3. The Morgan fingerprint density at radius 3 is 2.65 bits per heavy atom. The third-order valence-corrected chi connectivity index (χ3v) is 4.27. The van der Waals surface area contributed by atoms with Gasteiger partial charge in [-0.15, -0.1) is 0 Å². The number of aromatic amines is 1. The van der Waals surface area contributed by atoms with Crippen molar-refractivity contribution in [3.8, 4) is 17.0 Å². The molecule has 0 atom stereocenters. The van der Waals surface area contributed by atoms with Crippen LogP contribution in [-0.2, 0) is 0 Å². The van der Waals surface area contributed by atoms with Gasteiger partial charge in [-0.3, -0.25) is 9.89 Å². The highest BCUT2D eigenvalue weighted by molar-refractivity contribution is 9.10. The zero-order valence-electron chi connectivity index (χ0n) is 14.3. The Morgan fingerprint density at radius 1 is 1.19 bits per heavy atom. The lowest BCUT2D eigenvalue weighted by atomic mass is 10.1. The number of rotatable bonds is 5. The molecule has 0 unspecified atom stereocenters. The molecule has 1 aromatic heterocycles. The first-order valence-corrected chi connectivity index (χ1v) is 8.66. The van der Waals surface area contributed by atoms with Crippen molar-refractivity contribution in [2.24, 2.45) is 5.10 Å². The van der Waals surface area contributed by atoms with Gasteiger partial charge in [0.15, 0.2) is 0 Å². The lowest BCUT2D eigenvalue weighted by Gasteiger charge is -2.02. The number of aromatic nitrogens is 2. The van der Waals surface area contributed by atoms with Crippen LogP contribution >= 0.6 is 15.9 Å². The van der Waals surface area contributed by atoms with Crippen LogP contribution in [0.3, 0.4) is 0 Å². The zero-order chi connectivity index (χ0) is 18.5. The minimum atomic E-state index is -0.355. The second-order valence-electron chi connectivity index (χ2n) is 5.54. The molecular formula is C19H17BrN4O2. The third kappa shape index (κ3) is 4.18. The number of hydrazone groups is 1. The topological polar surface area (TPSA) is 79.4 Å². The van der Waals surface area contributed by atoms with E-state index in [4.69, 9.17) is 4.74 Å². The summed E-state index contributed by atoms with van der Waals surface area (Å²) >= 11 is 3.42. The van der Waals surface area contributed by atoms with E-state index in [1.165, 1.54) is 0 Å². The molecule has 0 bridgehead atoms. The molecule has 7 heteroatoms. The molecule has 1 heterocycles. The molecule has 0 saturated heterocycles. The normalized spacial score (nSPS) is 11.3. The number of nitrogens with one attached hydrogen (secondary N) is 2. The van der Waals surface area contributed by atoms with E-state index in [2.05, 4.69) is 36.7 Å². The van der Waals surface area contributed by atoms with E-state index in [0.29, 0.717) is 17.1 Å². The van der Waals surface area contributed by atoms with E-state index in [1.807, 2.05) is 55.5 Å². The van der Waals surface area contributed by atoms with Crippen LogP contribution in [-0.4, -0.2) is 28.9 Å². The summed E-state index contributed by atoms with van der Waals surface area (Å²) in [6.45, 7) is 1.83. The Bertz CT molecular complexity index is 948. The highest BCUT2D eigenvalue weighted by Gasteiger charge is 2.11. The van der Waals surface area contributed by atoms with Crippen molar-refractivity contribution in [3.63, 3.8) is 0 Å². The minimum absolute atomic E-state index is 0.335. The number of ether oxygens (including phenoxy) is 1. The van der Waals surface area contributed by atoms with Crippen LogP contribution in [0, 0.1) is 0 Å². The Balaban J connectivity index is 1.70. The first-order valence-electron chi connectivity index (χ1n) is 7.87. The highest BCUT2D eigenvalue weighted by Crippen LogP contribution is 2.21. The number of nitrogens with zero attached hydrogens (tertiary/aromatic N) is 2. The number of hydrogen-bond donors (Lipinski definition) is 2. The van der Waals surface area contributed by atoms with Crippen LogP contribution in [0.25, 0.3) is 11.3 Å². The van der Waals surface area contributed by atoms with Crippen molar-refractivity contribution in [1.82, 2.24) is 15.6 Å². The molecule has 0 aliphatic carbocycles. The van der Waals surface area contributed by atoms with E-state index < -0.39 is 0 Å². The van der Waals surface area contributed by atoms with Crippen molar-refractivity contribution in [2.75, 3.05) is 7.11 Å². The quantitative estimate of drug-likeness (QED) is 0.490. The molecule has 2 N–H and O–H groups in total. The zero-order valence-corrected chi connectivity index (χ0v) is 15.9. The number of carbonyl (C=O) groups excluding carboxylic acids is 1. The first-order chi connectivity index (χ1) is 12.6. The Kier molecular flexibility index (Phi) is 5.48.